The maximum atomic E-state index is 13.1. The van der Waals surface area contributed by atoms with Gasteiger partial charge in [0.05, 0.1) is 16.4 Å². The molecule has 0 radical (unpaired) electrons. The van der Waals surface area contributed by atoms with Gasteiger partial charge in [0.1, 0.15) is 6.04 Å². The van der Waals surface area contributed by atoms with Crippen LogP contribution in [0.15, 0.2) is 18.3 Å². The Hall–Kier alpha value is -1.95. The van der Waals surface area contributed by atoms with Crippen LogP contribution >= 0.6 is 11.3 Å². The first kappa shape index (κ1) is 16.2. The van der Waals surface area contributed by atoms with E-state index < -0.39 is 0 Å². The summed E-state index contributed by atoms with van der Waals surface area (Å²) in [7, 11) is 0. The number of hydrogen-bond donors (Lipinski definition) is 0. The summed E-state index contributed by atoms with van der Waals surface area (Å²) < 4.78 is 1.88. The zero-order valence-corrected chi connectivity index (χ0v) is 15.6. The number of aryl methyl sites for hydroxylation is 2. The highest BCUT2D eigenvalue weighted by atomic mass is 32.1. The minimum atomic E-state index is -0.210. The average molecular weight is 369 g/mol. The number of amides is 1. The molecule has 1 amide bonds. The average Bonchev–Trinajstić information content (AvgIpc) is 3.37. The van der Waals surface area contributed by atoms with Crippen LogP contribution in [0.25, 0.3) is 0 Å². The summed E-state index contributed by atoms with van der Waals surface area (Å²) in [6.07, 6.45) is 8.57. The molecule has 1 atom stereocenters. The first-order chi connectivity index (χ1) is 12.7. The number of carbonyl (C=O) groups is 2. The molecule has 5 rings (SSSR count). The van der Waals surface area contributed by atoms with Gasteiger partial charge in [0.25, 0.3) is 0 Å². The van der Waals surface area contributed by atoms with Crippen molar-refractivity contribution in [2.24, 2.45) is 0 Å². The molecule has 2 aliphatic heterocycles. The van der Waals surface area contributed by atoms with Gasteiger partial charge in [-0.25, -0.2) is 4.98 Å². The molecule has 0 N–H and O–H groups in total. The minimum Gasteiger partial charge on any atom is -0.341 e. The molecule has 4 heterocycles. The lowest BCUT2D eigenvalue weighted by atomic mass is 9.95. The van der Waals surface area contributed by atoms with Crippen LogP contribution in [0.2, 0.25) is 0 Å². The van der Waals surface area contributed by atoms with E-state index in [-0.39, 0.29) is 17.7 Å². The molecule has 1 aliphatic carbocycles. The Labute approximate surface area is 157 Å². The highest BCUT2D eigenvalue weighted by Crippen LogP contribution is 2.37. The number of thiazole rings is 1. The van der Waals surface area contributed by atoms with E-state index in [0.717, 1.165) is 32.4 Å². The van der Waals surface area contributed by atoms with E-state index in [0.29, 0.717) is 24.5 Å². The molecule has 136 valence electrons. The van der Waals surface area contributed by atoms with Crippen LogP contribution in [-0.4, -0.2) is 39.2 Å². The van der Waals surface area contributed by atoms with Gasteiger partial charge >= 0.3 is 0 Å². The van der Waals surface area contributed by atoms with Gasteiger partial charge in [-0.05, 0) is 50.7 Å². The van der Waals surface area contributed by atoms with E-state index in [2.05, 4.69) is 0 Å². The van der Waals surface area contributed by atoms with E-state index in [4.69, 9.17) is 4.98 Å². The molecule has 6 heteroatoms. The molecular formula is C20H23N3O2S. The molecule has 1 unspecified atom stereocenters. The van der Waals surface area contributed by atoms with Crippen molar-refractivity contribution in [3.8, 4) is 0 Å². The van der Waals surface area contributed by atoms with Gasteiger partial charge in [-0.1, -0.05) is 0 Å². The topological polar surface area (TPSA) is 55.2 Å². The maximum Gasteiger partial charge on any atom is 0.245 e. The van der Waals surface area contributed by atoms with E-state index in [1.165, 1.54) is 28.4 Å². The van der Waals surface area contributed by atoms with Crippen molar-refractivity contribution >= 4 is 23.0 Å². The van der Waals surface area contributed by atoms with Crippen LogP contribution in [0.1, 0.15) is 70.1 Å². The Bertz CT molecular complexity index is 839. The lowest BCUT2D eigenvalue weighted by Crippen LogP contribution is -2.43. The number of aromatic nitrogens is 2. The number of ketones is 1. The van der Waals surface area contributed by atoms with Crippen molar-refractivity contribution in [2.75, 3.05) is 13.1 Å². The molecule has 2 aromatic heterocycles. The Balaban J connectivity index is 1.26. The van der Waals surface area contributed by atoms with Crippen LogP contribution in [0.3, 0.4) is 0 Å². The highest BCUT2D eigenvalue weighted by Gasteiger charge is 2.34. The summed E-state index contributed by atoms with van der Waals surface area (Å²) in [4.78, 5) is 33.4. The van der Waals surface area contributed by atoms with Gasteiger partial charge < -0.3 is 9.47 Å². The Kier molecular flexibility index (Phi) is 3.96. The van der Waals surface area contributed by atoms with Crippen molar-refractivity contribution in [1.29, 1.82) is 0 Å². The minimum absolute atomic E-state index is 0.148. The van der Waals surface area contributed by atoms with E-state index >= 15 is 0 Å². The fraction of sp³-hybridized carbons (Fsp3) is 0.550. The van der Waals surface area contributed by atoms with E-state index in [9.17, 15) is 9.59 Å². The SMILES string of the molecule is O=C1CCC(C(=O)N2CCC(c3nc4c(s3)CCC4)CC2)n2cccc21. The Morgan fingerprint density at radius 1 is 1.15 bits per heavy atom. The van der Waals surface area contributed by atoms with Gasteiger partial charge in [0.15, 0.2) is 5.78 Å². The summed E-state index contributed by atoms with van der Waals surface area (Å²) >= 11 is 1.90. The molecule has 26 heavy (non-hydrogen) atoms. The van der Waals surface area contributed by atoms with Crippen LogP contribution in [-0.2, 0) is 17.6 Å². The molecule has 1 fully saturated rings. The normalized spacial score (nSPS) is 23.2. The molecule has 0 saturated carbocycles. The predicted octanol–water partition coefficient (Wildman–Crippen LogP) is 3.36. The molecule has 0 aromatic carbocycles. The number of Topliss-reactive ketones (excluding diaryl/α,β-unsaturated/α-hetero) is 1. The zero-order valence-electron chi connectivity index (χ0n) is 14.8. The third-order valence-corrected chi connectivity index (χ3v) is 7.42. The molecule has 0 spiro atoms. The standard InChI is InChI=1S/C20H23N3O2S/c24-17-7-6-16(23-10-2-4-15(17)23)20(25)22-11-8-13(9-12-22)19-21-14-3-1-5-18(14)26-19/h2,4,10,13,16H,1,3,5-9,11-12H2. The molecular weight excluding hydrogens is 346 g/mol. The number of hydrogen-bond acceptors (Lipinski definition) is 4. The smallest absolute Gasteiger partial charge is 0.245 e. The number of piperidine rings is 1. The monoisotopic (exact) mass is 369 g/mol. The third kappa shape index (κ3) is 2.62. The number of rotatable bonds is 2. The summed E-state index contributed by atoms with van der Waals surface area (Å²) in [6, 6.07) is 3.49. The highest BCUT2D eigenvalue weighted by molar-refractivity contribution is 7.11. The van der Waals surface area contributed by atoms with Crippen molar-refractivity contribution in [3.63, 3.8) is 0 Å². The number of likely N-dealkylation sites (tertiary alicyclic amines) is 1. The van der Waals surface area contributed by atoms with Crippen molar-refractivity contribution in [2.45, 2.75) is 56.9 Å². The summed E-state index contributed by atoms with van der Waals surface area (Å²) in [5.74, 6) is 0.828. The van der Waals surface area contributed by atoms with Gasteiger partial charge in [-0.2, -0.15) is 0 Å². The number of fused-ring (bicyclic) bond motifs is 2. The Morgan fingerprint density at radius 2 is 2.00 bits per heavy atom. The number of carbonyl (C=O) groups excluding carboxylic acids is 2. The van der Waals surface area contributed by atoms with E-state index in [1.54, 1.807) is 0 Å². The van der Waals surface area contributed by atoms with Crippen molar-refractivity contribution in [3.05, 3.63) is 39.6 Å². The number of nitrogens with zero attached hydrogens (tertiary/aromatic N) is 3. The van der Waals surface area contributed by atoms with Gasteiger partial charge in [0.2, 0.25) is 5.91 Å². The molecule has 0 bridgehead atoms. The fourth-order valence-electron chi connectivity index (χ4n) is 4.62. The van der Waals surface area contributed by atoms with Gasteiger partial charge in [-0.15, -0.1) is 11.3 Å². The quantitative estimate of drug-likeness (QED) is 0.816. The summed E-state index contributed by atoms with van der Waals surface area (Å²) in [6.45, 7) is 1.60. The van der Waals surface area contributed by atoms with Gasteiger partial charge in [-0.3, -0.25) is 9.59 Å². The maximum absolute atomic E-state index is 13.1. The Morgan fingerprint density at radius 3 is 2.81 bits per heavy atom. The van der Waals surface area contributed by atoms with Crippen LogP contribution < -0.4 is 0 Å². The molecule has 2 aromatic rings. The second kappa shape index (κ2) is 6.34. The molecule has 5 nitrogen and oxygen atoms in total. The second-order valence-electron chi connectivity index (χ2n) is 7.65. The van der Waals surface area contributed by atoms with Crippen molar-refractivity contribution in [1.82, 2.24) is 14.5 Å². The lowest BCUT2D eigenvalue weighted by Gasteiger charge is -2.35. The second-order valence-corrected chi connectivity index (χ2v) is 8.77. The molecule has 3 aliphatic rings. The summed E-state index contributed by atoms with van der Waals surface area (Å²) in [5, 5.41) is 1.29. The fourth-order valence-corrected chi connectivity index (χ4v) is 5.94. The first-order valence-electron chi connectivity index (χ1n) is 9.68. The van der Waals surface area contributed by atoms with Gasteiger partial charge in [0, 0.05) is 36.5 Å². The van der Waals surface area contributed by atoms with E-state index in [1.807, 2.05) is 39.1 Å². The van der Waals surface area contributed by atoms with Crippen LogP contribution in [0.5, 0.6) is 0 Å². The van der Waals surface area contributed by atoms with Crippen LogP contribution in [0, 0.1) is 0 Å². The summed E-state index contributed by atoms with van der Waals surface area (Å²) in [5.41, 5.74) is 2.01. The third-order valence-electron chi connectivity index (χ3n) is 6.10. The largest absolute Gasteiger partial charge is 0.341 e. The van der Waals surface area contributed by atoms with Crippen LogP contribution in [0.4, 0.5) is 0 Å². The lowest BCUT2D eigenvalue weighted by molar-refractivity contribution is -0.136. The predicted molar refractivity (Wildman–Crippen MR) is 99.7 cm³/mol. The zero-order chi connectivity index (χ0) is 17.7. The van der Waals surface area contributed by atoms with Crippen molar-refractivity contribution < 1.29 is 9.59 Å². The first-order valence-corrected chi connectivity index (χ1v) is 10.5. The molecule has 1 saturated heterocycles.